The first kappa shape index (κ1) is 60.4. The molecular formula is C56H108O6. The standard InChI is InChI=1S/C56H108O6/c1-6-8-9-10-11-12-13-14-15-16-21-24-27-32-38-43-48-56(59)62-53(50-61-55(58)47-42-37-33-28-29-34-39-44-51(3)4)49-60-54(57)46-41-36-31-26-23-20-18-17-19-22-25-30-35-40-45-52(5)7-2/h51-53H,6-50H2,1-5H3/t52?,53-/m0/s1. The lowest BCUT2D eigenvalue weighted by molar-refractivity contribution is -0.167. The van der Waals surface area contributed by atoms with E-state index in [0.717, 1.165) is 69.6 Å². The molecule has 1 unspecified atom stereocenters. The van der Waals surface area contributed by atoms with Crippen LogP contribution in [0.1, 0.15) is 311 Å². The summed E-state index contributed by atoms with van der Waals surface area (Å²) in [5.74, 6) is 0.831. The molecule has 368 valence electrons. The Balaban J connectivity index is 4.26. The van der Waals surface area contributed by atoms with Gasteiger partial charge in [0.15, 0.2) is 6.10 Å². The zero-order chi connectivity index (χ0) is 45.4. The normalized spacial score (nSPS) is 12.5. The molecule has 6 nitrogen and oxygen atoms in total. The molecule has 0 aromatic heterocycles. The van der Waals surface area contributed by atoms with Crippen LogP contribution in [-0.2, 0) is 28.6 Å². The van der Waals surface area contributed by atoms with Crippen LogP contribution in [0, 0.1) is 11.8 Å². The van der Waals surface area contributed by atoms with E-state index in [1.54, 1.807) is 0 Å². The van der Waals surface area contributed by atoms with E-state index in [1.807, 2.05) is 0 Å². The molecule has 6 heteroatoms. The highest BCUT2D eigenvalue weighted by Gasteiger charge is 2.19. The van der Waals surface area contributed by atoms with Gasteiger partial charge < -0.3 is 14.2 Å². The van der Waals surface area contributed by atoms with Gasteiger partial charge in [-0.1, -0.05) is 272 Å². The third-order valence-corrected chi connectivity index (χ3v) is 13.1. The van der Waals surface area contributed by atoms with Crippen molar-refractivity contribution in [3.05, 3.63) is 0 Å². The predicted molar refractivity (Wildman–Crippen MR) is 266 cm³/mol. The fourth-order valence-electron chi connectivity index (χ4n) is 8.49. The Morgan fingerprint density at radius 1 is 0.339 bits per heavy atom. The molecule has 0 fully saturated rings. The lowest BCUT2D eigenvalue weighted by atomic mass is 9.99. The summed E-state index contributed by atoms with van der Waals surface area (Å²) in [5, 5.41) is 0. The maximum atomic E-state index is 12.8. The number of hydrogen-bond acceptors (Lipinski definition) is 6. The first-order chi connectivity index (χ1) is 30.3. The Kier molecular flexibility index (Phi) is 47.6. The molecule has 0 rings (SSSR count). The first-order valence-corrected chi connectivity index (χ1v) is 27.8. The molecule has 0 aromatic rings. The molecule has 62 heavy (non-hydrogen) atoms. The van der Waals surface area contributed by atoms with Gasteiger partial charge in [0.2, 0.25) is 0 Å². The Hall–Kier alpha value is -1.59. The summed E-state index contributed by atoms with van der Waals surface area (Å²) in [6.45, 7) is 11.4. The van der Waals surface area contributed by atoms with Gasteiger partial charge >= 0.3 is 17.9 Å². The average Bonchev–Trinajstić information content (AvgIpc) is 3.26. The second-order valence-corrected chi connectivity index (χ2v) is 19.9. The van der Waals surface area contributed by atoms with Gasteiger partial charge in [-0.05, 0) is 31.1 Å². The van der Waals surface area contributed by atoms with Gasteiger partial charge in [-0.25, -0.2) is 0 Å². The van der Waals surface area contributed by atoms with Crippen molar-refractivity contribution in [1.82, 2.24) is 0 Å². The minimum atomic E-state index is -0.762. The van der Waals surface area contributed by atoms with Gasteiger partial charge in [0.25, 0.3) is 0 Å². The van der Waals surface area contributed by atoms with Crippen molar-refractivity contribution in [2.75, 3.05) is 13.2 Å². The Labute approximate surface area is 387 Å². The quantitative estimate of drug-likeness (QED) is 0.0344. The fraction of sp³-hybridized carbons (Fsp3) is 0.946. The highest BCUT2D eigenvalue weighted by atomic mass is 16.6. The van der Waals surface area contributed by atoms with E-state index < -0.39 is 6.10 Å². The van der Waals surface area contributed by atoms with Crippen LogP contribution in [0.4, 0.5) is 0 Å². The van der Waals surface area contributed by atoms with Crippen LogP contribution >= 0.6 is 0 Å². The van der Waals surface area contributed by atoms with Crippen LogP contribution in [0.25, 0.3) is 0 Å². The van der Waals surface area contributed by atoms with Gasteiger partial charge in [0.05, 0.1) is 0 Å². The van der Waals surface area contributed by atoms with Crippen molar-refractivity contribution in [2.45, 2.75) is 317 Å². The summed E-state index contributed by atoms with van der Waals surface area (Å²) in [6, 6.07) is 0. The number of unbranched alkanes of at least 4 members (excludes halogenated alkanes) is 34. The van der Waals surface area contributed by atoms with Crippen molar-refractivity contribution in [1.29, 1.82) is 0 Å². The number of hydrogen-bond donors (Lipinski definition) is 0. The highest BCUT2D eigenvalue weighted by Crippen LogP contribution is 2.18. The Morgan fingerprint density at radius 2 is 0.613 bits per heavy atom. The summed E-state index contributed by atoms with van der Waals surface area (Å²) >= 11 is 0. The predicted octanol–water partition coefficient (Wildman–Crippen LogP) is 18.1. The van der Waals surface area contributed by atoms with E-state index >= 15 is 0 Å². The molecule has 0 aliphatic rings. The maximum absolute atomic E-state index is 12.8. The molecule has 2 atom stereocenters. The summed E-state index contributed by atoms with van der Waals surface area (Å²) in [4.78, 5) is 38.0. The molecular weight excluding hydrogens is 769 g/mol. The Morgan fingerprint density at radius 3 is 0.919 bits per heavy atom. The summed E-state index contributed by atoms with van der Waals surface area (Å²) in [6.07, 6.45) is 50.9. The number of carbonyl (C=O) groups excluding carboxylic acids is 3. The molecule has 0 heterocycles. The van der Waals surface area contributed by atoms with Gasteiger partial charge in [-0.2, -0.15) is 0 Å². The van der Waals surface area contributed by atoms with Gasteiger partial charge in [-0.15, -0.1) is 0 Å². The SMILES string of the molecule is CCCCCCCCCCCCCCCCCCC(=O)O[C@@H](COC(=O)CCCCCCCCCCCCCCCCC(C)CC)COC(=O)CCCCCCCCCC(C)C. The van der Waals surface area contributed by atoms with Gasteiger partial charge in [0.1, 0.15) is 13.2 Å². The molecule has 0 aliphatic heterocycles. The lowest BCUT2D eigenvalue weighted by Gasteiger charge is -2.18. The van der Waals surface area contributed by atoms with E-state index in [2.05, 4.69) is 34.6 Å². The summed E-state index contributed by atoms with van der Waals surface area (Å²) in [5.41, 5.74) is 0. The lowest BCUT2D eigenvalue weighted by Crippen LogP contribution is -2.30. The fourth-order valence-corrected chi connectivity index (χ4v) is 8.49. The van der Waals surface area contributed by atoms with Crippen LogP contribution in [0.5, 0.6) is 0 Å². The van der Waals surface area contributed by atoms with E-state index in [9.17, 15) is 14.4 Å². The second kappa shape index (κ2) is 48.9. The largest absolute Gasteiger partial charge is 0.462 e. The minimum absolute atomic E-state index is 0.0636. The third-order valence-electron chi connectivity index (χ3n) is 13.1. The number of carbonyl (C=O) groups is 3. The van der Waals surface area contributed by atoms with Crippen LogP contribution in [-0.4, -0.2) is 37.2 Å². The van der Waals surface area contributed by atoms with Crippen LogP contribution in [0.15, 0.2) is 0 Å². The van der Waals surface area contributed by atoms with Crippen molar-refractivity contribution >= 4 is 17.9 Å². The molecule has 0 radical (unpaired) electrons. The topological polar surface area (TPSA) is 78.9 Å². The van der Waals surface area contributed by atoms with Gasteiger partial charge in [0, 0.05) is 19.3 Å². The number of ether oxygens (including phenoxy) is 3. The van der Waals surface area contributed by atoms with E-state index in [4.69, 9.17) is 14.2 Å². The molecule has 0 spiro atoms. The van der Waals surface area contributed by atoms with Crippen LogP contribution in [0.2, 0.25) is 0 Å². The van der Waals surface area contributed by atoms with E-state index in [0.29, 0.717) is 19.3 Å². The summed E-state index contributed by atoms with van der Waals surface area (Å²) < 4.78 is 16.8. The van der Waals surface area contributed by atoms with E-state index in [-0.39, 0.29) is 31.1 Å². The van der Waals surface area contributed by atoms with Crippen molar-refractivity contribution < 1.29 is 28.6 Å². The van der Waals surface area contributed by atoms with Crippen molar-refractivity contribution in [3.63, 3.8) is 0 Å². The van der Waals surface area contributed by atoms with E-state index in [1.165, 1.54) is 199 Å². The molecule has 0 N–H and O–H groups in total. The highest BCUT2D eigenvalue weighted by molar-refractivity contribution is 5.71. The Bertz CT molecular complexity index is 949. The first-order valence-electron chi connectivity index (χ1n) is 27.8. The molecule has 0 bridgehead atoms. The maximum Gasteiger partial charge on any atom is 0.306 e. The molecule has 0 saturated heterocycles. The monoisotopic (exact) mass is 877 g/mol. The molecule has 0 aliphatic carbocycles. The number of esters is 3. The third kappa shape index (κ3) is 47.9. The smallest absolute Gasteiger partial charge is 0.306 e. The molecule has 0 aromatic carbocycles. The zero-order valence-electron chi connectivity index (χ0n) is 42.5. The molecule has 0 amide bonds. The van der Waals surface area contributed by atoms with Crippen LogP contribution in [0.3, 0.4) is 0 Å². The van der Waals surface area contributed by atoms with Crippen LogP contribution < -0.4 is 0 Å². The van der Waals surface area contributed by atoms with Crippen molar-refractivity contribution in [2.24, 2.45) is 11.8 Å². The zero-order valence-corrected chi connectivity index (χ0v) is 42.5. The summed E-state index contributed by atoms with van der Waals surface area (Å²) in [7, 11) is 0. The second-order valence-electron chi connectivity index (χ2n) is 19.9. The number of rotatable bonds is 50. The minimum Gasteiger partial charge on any atom is -0.462 e. The van der Waals surface area contributed by atoms with Crippen molar-refractivity contribution in [3.8, 4) is 0 Å². The molecule has 0 saturated carbocycles. The van der Waals surface area contributed by atoms with Gasteiger partial charge in [-0.3, -0.25) is 14.4 Å². The average molecular weight is 877 g/mol.